The molecule has 2 saturated heterocycles. The Kier molecular flexibility index (Phi) is 5.40. The first-order valence-electron chi connectivity index (χ1n) is 12.1. The molecule has 2 aromatic carbocycles. The summed E-state index contributed by atoms with van der Waals surface area (Å²) in [4.78, 5) is 34.5. The fourth-order valence-corrected chi connectivity index (χ4v) is 5.88. The summed E-state index contributed by atoms with van der Waals surface area (Å²) in [5, 5.41) is 1.09. The lowest BCUT2D eigenvalue weighted by Gasteiger charge is -2.47. The summed E-state index contributed by atoms with van der Waals surface area (Å²) in [5.41, 5.74) is 3.90. The van der Waals surface area contributed by atoms with Crippen LogP contribution in [0.5, 0.6) is 11.5 Å². The number of para-hydroxylation sites is 1. The smallest absolute Gasteiger partial charge is 0.246 e. The van der Waals surface area contributed by atoms with Crippen molar-refractivity contribution < 1.29 is 23.8 Å². The summed E-state index contributed by atoms with van der Waals surface area (Å²) in [6.45, 7) is 1.25. The molecule has 0 saturated carbocycles. The summed E-state index contributed by atoms with van der Waals surface area (Å²) >= 11 is 0. The van der Waals surface area contributed by atoms with Crippen molar-refractivity contribution in [3.63, 3.8) is 0 Å². The maximum atomic E-state index is 13.8. The second kappa shape index (κ2) is 8.61. The predicted molar refractivity (Wildman–Crippen MR) is 130 cm³/mol. The van der Waals surface area contributed by atoms with Crippen molar-refractivity contribution in [2.45, 2.75) is 37.5 Å². The van der Waals surface area contributed by atoms with Crippen LogP contribution in [0.2, 0.25) is 0 Å². The zero-order valence-corrected chi connectivity index (χ0v) is 20.0. The molecule has 8 heteroatoms. The molecule has 3 aliphatic heterocycles. The van der Waals surface area contributed by atoms with E-state index in [1.54, 1.807) is 24.0 Å². The molecular formula is C27H29N3O5. The molecule has 4 heterocycles. The van der Waals surface area contributed by atoms with Gasteiger partial charge in [-0.25, -0.2) is 0 Å². The molecule has 2 amide bonds. The van der Waals surface area contributed by atoms with Crippen LogP contribution in [0.1, 0.15) is 35.7 Å². The Labute approximate surface area is 203 Å². The third-order valence-corrected chi connectivity index (χ3v) is 7.51. The van der Waals surface area contributed by atoms with Gasteiger partial charge in [0.1, 0.15) is 6.04 Å². The zero-order chi connectivity index (χ0) is 24.1. The number of amides is 2. The summed E-state index contributed by atoms with van der Waals surface area (Å²) in [5.74, 6) is 1.13. The lowest BCUT2D eigenvalue weighted by molar-refractivity contribution is -0.159. The van der Waals surface area contributed by atoms with E-state index in [0.717, 1.165) is 47.2 Å². The third kappa shape index (κ3) is 3.55. The van der Waals surface area contributed by atoms with Crippen molar-refractivity contribution in [1.29, 1.82) is 0 Å². The molecule has 3 unspecified atom stereocenters. The predicted octanol–water partition coefficient (Wildman–Crippen LogP) is 3.05. The Hall–Kier alpha value is -3.52. The molecule has 182 valence electrons. The molecule has 2 fully saturated rings. The van der Waals surface area contributed by atoms with E-state index in [1.165, 1.54) is 0 Å². The topological polar surface area (TPSA) is 84.1 Å². The lowest BCUT2D eigenvalue weighted by Crippen LogP contribution is -2.63. The van der Waals surface area contributed by atoms with Gasteiger partial charge in [0.05, 0.1) is 32.9 Å². The largest absolute Gasteiger partial charge is 0.493 e. The zero-order valence-electron chi connectivity index (χ0n) is 20.0. The van der Waals surface area contributed by atoms with Gasteiger partial charge in [-0.1, -0.05) is 24.3 Å². The molecule has 8 nitrogen and oxygen atoms in total. The van der Waals surface area contributed by atoms with Gasteiger partial charge in [-0.2, -0.15) is 0 Å². The van der Waals surface area contributed by atoms with Gasteiger partial charge < -0.3 is 29.0 Å². The molecule has 0 radical (unpaired) electrons. The van der Waals surface area contributed by atoms with Crippen molar-refractivity contribution in [3.8, 4) is 11.5 Å². The van der Waals surface area contributed by atoms with E-state index in [-0.39, 0.29) is 24.5 Å². The van der Waals surface area contributed by atoms with Crippen LogP contribution in [0.4, 0.5) is 0 Å². The average Bonchev–Trinajstić information content (AvgIpc) is 3.53. The van der Waals surface area contributed by atoms with E-state index in [9.17, 15) is 9.59 Å². The van der Waals surface area contributed by atoms with Gasteiger partial charge in [0.25, 0.3) is 0 Å². The molecular weight excluding hydrogens is 446 g/mol. The SMILES string of the molecule is COc1ccc(C2c3[nH]c4ccccc4c3CC3C(=O)N(CC4CCCO4)CC(=O)N32)cc1OC. The summed E-state index contributed by atoms with van der Waals surface area (Å²) in [7, 11) is 3.19. The van der Waals surface area contributed by atoms with E-state index in [2.05, 4.69) is 11.1 Å². The van der Waals surface area contributed by atoms with Crippen molar-refractivity contribution in [2.24, 2.45) is 0 Å². The number of rotatable bonds is 5. The maximum Gasteiger partial charge on any atom is 0.246 e. The van der Waals surface area contributed by atoms with Crippen LogP contribution in [0, 0.1) is 0 Å². The number of aromatic amines is 1. The number of carbonyl (C=O) groups excluding carboxylic acids is 2. The molecule has 0 bridgehead atoms. The van der Waals surface area contributed by atoms with E-state index < -0.39 is 12.1 Å². The molecule has 1 N–H and O–H groups in total. The monoisotopic (exact) mass is 475 g/mol. The van der Waals surface area contributed by atoms with Crippen LogP contribution in [0.25, 0.3) is 10.9 Å². The highest BCUT2D eigenvalue weighted by atomic mass is 16.5. The van der Waals surface area contributed by atoms with Gasteiger partial charge in [0, 0.05) is 36.2 Å². The fourth-order valence-electron chi connectivity index (χ4n) is 5.88. The molecule has 35 heavy (non-hydrogen) atoms. The van der Waals surface area contributed by atoms with Crippen LogP contribution >= 0.6 is 0 Å². The number of aromatic nitrogens is 1. The number of benzene rings is 2. The number of nitrogens with one attached hydrogen (secondary N) is 1. The summed E-state index contributed by atoms with van der Waals surface area (Å²) < 4.78 is 16.8. The van der Waals surface area contributed by atoms with Gasteiger partial charge in [0.2, 0.25) is 11.8 Å². The van der Waals surface area contributed by atoms with Crippen LogP contribution in [0.3, 0.4) is 0 Å². The van der Waals surface area contributed by atoms with E-state index in [4.69, 9.17) is 14.2 Å². The number of methoxy groups -OCH3 is 2. The number of H-pyrrole nitrogens is 1. The van der Waals surface area contributed by atoms with Gasteiger partial charge in [-0.15, -0.1) is 0 Å². The number of hydrogen-bond acceptors (Lipinski definition) is 5. The minimum atomic E-state index is -0.567. The van der Waals surface area contributed by atoms with E-state index >= 15 is 0 Å². The minimum Gasteiger partial charge on any atom is -0.493 e. The number of hydrogen-bond donors (Lipinski definition) is 1. The number of nitrogens with zero attached hydrogens (tertiary/aromatic N) is 2. The summed E-state index contributed by atoms with van der Waals surface area (Å²) in [6.07, 6.45) is 2.41. The van der Waals surface area contributed by atoms with Crippen LogP contribution in [-0.2, 0) is 20.7 Å². The fraction of sp³-hybridized carbons (Fsp3) is 0.407. The number of piperazine rings is 1. The Bertz CT molecular complexity index is 1300. The van der Waals surface area contributed by atoms with Gasteiger partial charge in [-0.05, 0) is 42.2 Å². The standard InChI is InChI=1S/C27H29N3O5/c1-33-22-10-9-16(12-23(22)34-2)26-25-19(18-7-3-4-8-20(18)28-25)13-21-27(32)29(15-24(31)30(21)26)14-17-6-5-11-35-17/h3-4,7-10,12,17,21,26,28H,5-6,11,13-15H2,1-2H3. The van der Waals surface area contributed by atoms with E-state index in [0.29, 0.717) is 24.5 Å². The van der Waals surface area contributed by atoms with Crippen LogP contribution in [0.15, 0.2) is 42.5 Å². The molecule has 3 aliphatic rings. The Morgan fingerprint density at radius 3 is 2.69 bits per heavy atom. The highest BCUT2D eigenvalue weighted by Gasteiger charge is 2.48. The van der Waals surface area contributed by atoms with Crippen molar-refractivity contribution in [1.82, 2.24) is 14.8 Å². The quantitative estimate of drug-likeness (QED) is 0.613. The number of fused-ring (bicyclic) bond motifs is 4. The minimum absolute atomic E-state index is 0.00665. The second-order valence-electron chi connectivity index (χ2n) is 9.45. The van der Waals surface area contributed by atoms with Crippen molar-refractivity contribution in [2.75, 3.05) is 33.9 Å². The van der Waals surface area contributed by atoms with Crippen molar-refractivity contribution >= 4 is 22.7 Å². The van der Waals surface area contributed by atoms with Gasteiger partial charge >= 0.3 is 0 Å². The highest BCUT2D eigenvalue weighted by molar-refractivity contribution is 5.97. The lowest BCUT2D eigenvalue weighted by atomic mass is 9.86. The molecule has 1 aromatic heterocycles. The molecule has 3 aromatic rings. The Morgan fingerprint density at radius 1 is 1.09 bits per heavy atom. The normalized spacial score (nSPS) is 24.0. The maximum absolute atomic E-state index is 13.8. The van der Waals surface area contributed by atoms with Crippen molar-refractivity contribution in [3.05, 3.63) is 59.3 Å². The molecule has 0 spiro atoms. The van der Waals surface area contributed by atoms with Crippen LogP contribution < -0.4 is 9.47 Å². The molecule has 0 aliphatic carbocycles. The molecule has 6 rings (SSSR count). The summed E-state index contributed by atoms with van der Waals surface area (Å²) in [6, 6.07) is 12.8. The molecule has 3 atom stereocenters. The Balaban J connectivity index is 1.46. The van der Waals surface area contributed by atoms with Gasteiger partial charge in [-0.3, -0.25) is 9.59 Å². The average molecular weight is 476 g/mol. The van der Waals surface area contributed by atoms with Crippen LogP contribution in [-0.4, -0.2) is 72.7 Å². The Morgan fingerprint density at radius 2 is 1.91 bits per heavy atom. The van der Waals surface area contributed by atoms with E-state index in [1.807, 2.05) is 36.4 Å². The second-order valence-corrected chi connectivity index (χ2v) is 9.45. The number of ether oxygens (including phenoxy) is 3. The highest BCUT2D eigenvalue weighted by Crippen LogP contribution is 2.44. The number of carbonyl (C=O) groups is 2. The third-order valence-electron chi connectivity index (χ3n) is 7.51. The first kappa shape index (κ1) is 22.0. The van der Waals surface area contributed by atoms with Gasteiger partial charge in [0.15, 0.2) is 11.5 Å². The first-order chi connectivity index (χ1) is 17.1. The first-order valence-corrected chi connectivity index (χ1v) is 12.1.